The maximum Gasteiger partial charge on any atom is 0.331 e. The Morgan fingerprint density at radius 1 is 1.21 bits per heavy atom. The number of esters is 2. The first-order chi connectivity index (χ1) is 14.0. The second-order valence-corrected chi connectivity index (χ2v) is 7.14. The number of hydrogen-bond donors (Lipinski definition) is 1. The lowest BCUT2D eigenvalue weighted by atomic mass is 10.0. The van der Waals surface area contributed by atoms with Crippen molar-refractivity contribution < 1.29 is 33.6 Å². The quantitative estimate of drug-likeness (QED) is 0.553. The molecule has 1 fully saturated rings. The maximum absolute atomic E-state index is 12.1. The molecule has 0 spiro atoms. The van der Waals surface area contributed by atoms with Crippen molar-refractivity contribution in [1.82, 2.24) is 0 Å². The van der Waals surface area contributed by atoms with Gasteiger partial charge in [-0.1, -0.05) is 18.2 Å². The van der Waals surface area contributed by atoms with Gasteiger partial charge in [0, 0.05) is 18.6 Å². The molecule has 2 aliphatic heterocycles. The van der Waals surface area contributed by atoms with E-state index < -0.39 is 36.4 Å². The minimum absolute atomic E-state index is 0.317. The van der Waals surface area contributed by atoms with Crippen LogP contribution >= 0.6 is 0 Å². The van der Waals surface area contributed by atoms with E-state index in [9.17, 15) is 14.7 Å². The average molecular weight is 402 g/mol. The molecule has 7 nitrogen and oxygen atoms in total. The third-order valence-electron chi connectivity index (χ3n) is 5.09. The Balaban J connectivity index is 1.47. The molecule has 2 aliphatic rings. The molecular formula is C22H26O7. The van der Waals surface area contributed by atoms with Crippen LogP contribution in [-0.2, 0) is 23.8 Å². The molecular weight excluding hydrogens is 376 g/mol. The van der Waals surface area contributed by atoms with E-state index in [4.69, 9.17) is 18.9 Å². The van der Waals surface area contributed by atoms with E-state index in [-0.39, 0.29) is 6.10 Å². The smallest absolute Gasteiger partial charge is 0.331 e. The Bertz CT molecular complexity index is 768. The maximum atomic E-state index is 12.1. The summed E-state index contributed by atoms with van der Waals surface area (Å²) in [5.74, 6) is -0.180. The van der Waals surface area contributed by atoms with Gasteiger partial charge in [-0.15, -0.1) is 0 Å². The summed E-state index contributed by atoms with van der Waals surface area (Å²) in [7, 11) is 1.59. The summed E-state index contributed by atoms with van der Waals surface area (Å²) in [6, 6.07) is 7.30. The lowest BCUT2D eigenvalue weighted by Gasteiger charge is -2.28. The predicted octanol–water partition coefficient (Wildman–Crippen LogP) is 2.42. The highest BCUT2D eigenvalue weighted by molar-refractivity contribution is 5.87. The molecule has 0 aliphatic carbocycles. The van der Waals surface area contributed by atoms with Gasteiger partial charge in [-0.3, -0.25) is 0 Å². The molecule has 3 unspecified atom stereocenters. The van der Waals surface area contributed by atoms with Crippen molar-refractivity contribution in [3.63, 3.8) is 0 Å². The van der Waals surface area contributed by atoms with Crippen LogP contribution in [-0.4, -0.2) is 54.7 Å². The molecule has 1 aromatic rings. The zero-order valence-electron chi connectivity index (χ0n) is 16.5. The first kappa shape index (κ1) is 21.1. The summed E-state index contributed by atoms with van der Waals surface area (Å²) in [6.07, 6.45) is 5.02. The van der Waals surface area contributed by atoms with Crippen LogP contribution in [0.3, 0.4) is 0 Å². The van der Waals surface area contributed by atoms with Gasteiger partial charge in [-0.05, 0) is 43.5 Å². The van der Waals surface area contributed by atoms with Crippen LogP contribution in [0, 0.1) is 0 Å². The molecule has 0 bridgehead atoms. The molecule has 0 radical (unpaired) electrons. The molecule has 1 saturated heterocycles. The van der Waals surface area contributed by atoms with Crippen LogP contribution in [0.25, 0.3) is 6.08 Å². The van der Waals surface area contributed by atoms with E-state index in [2.05, 4.69) is 0 Å². The Hall–Kier alpha value is -2.64. The van der Waals surface area contributed by atoms with Gasteiger partial charge in [0.15, 0.2) is 0 Å². The largest absolute Gasteiger partial charge is 0.497 e. The number of aliphatic hydroxyl groups excluding tert-OH is 1. The molecule has 156 valence electrons. The molecule has 7 heteroatoms. The third kappa shape index (κ3) is 5.68. The van der Waals surface area contributed by atoms with Crippen molar-refractivity contribution in [1.29, 1.82) is 0 Å². The molecule has 0 aromatic heterocycles. The van der Waals surface area contributed by atoms with Gasteiger partial charge < -0.3 is 24.1 Å². The van der Waals surface area contributed by atoms with Gasteiger partial charge in [-0.25, -0.2) is 9.59 Å². The normalized spacial score (nSPS) is 26.2. The minimum atomic E-state index is -0.910. The molecule has 5 atom stereocenters. The molecule has 1 aromatic carbocycles. The number of carbonyl (C=O) groups excluding carboxylic acids is 2. The predicted molar refractivity (Wildman–Crippen MR) is 105 cm³/mol. The highest BCUT2D eigenvalue weighted by Crippen LogP contribution is 2.29. The fourth-order valence-corrected chi connectivity index (χ4v) is 3.45. The highest BCUT2D eigenvalue weighted by atomic mass is 16.6. The van der Waals surface area contributed by atoms with E-state index in [1.54, 1.807) is 26.2 Å². The number of cyclic esters (lactones) is 1. The fourth-order valence-electron chi connectivity index (χ4n) is 3.45. The number of ether oxygens (including phenoxy) is 4. The minimum Gasteiger partial charge on any atom is -0.497 e. The van der Waals surface area contributed by atoms with Gasteiger partial charge in [0.2, 0.25) is 0 Å². The second-order valence-electron chi connectivity index (χ2n) is 7.14. The van der Waals surface area contributed by atoms with Gasteiger partial charge >= 0.3 is 11.9 Å². The van der Waals surface area contributed by atoms with Crippen LogP contribution in [0.1, 0.15) is 31.7 Å². The Morgan fingerprint density at radius 3 is 2.62 bits per heavy atom. The van der Waals surface area contributed by atoms with E-state index in [0.29, 0.717) is 19.3 Å². The van der Waals surface area contributed by atoms with Gasteiger partial charge in [0.1, 0.15) is 24.1 Å². The number of hydrogen-bond acceptors (Lipinski definition) is 7. The summed E-state index contributed by atoms with van der Waals surface area (Å²) in [6.45, 7) is 1.77. The summed E-state index contributed by atoms with van der Waals surface area (Å²) >= 11 is 0. The number of carbonyl (C=O) groups is 2. The van der Waals surface area contributed by atoms with Crippen molar-refractivity contribution in [2.24, 2.45) is 0 Å². The number of rotatable bonds is 7. The summed E-state index contributed by atoms with van der Waals surface area (Å²) in [4.78, 5) is 23.5. The van der Waals surface area contributed by atoms with Crippen LogP contribution in [0.4, 0.5) is 0 Å². The van der Waals surface area contributed by atoms with Crippen molar-refractivity contribution in [3.05, 3.63) is 48.1 Å². The summed E-state index contributed by atoms with van der Waals surface area (Å²) in [5, 5.41) is 10.5. The number of aliphatic hydroxyl groups is 1. The molecule has 29 heavy (non-hydrogen) atoms. The SMILES string of the molecule is COc1ccc(/C=C/C(=O)OC(C)[C@@H]2CC[C@H](C(O)C3CC=CC(=O)O3)O2)cc1. The Morgan fingerprint density at radius 2 is 1.93 bits per heavy atom. The Labute approximate surface area is 169 Å². The molecule has 3 rings (SSSR count). The van der Waals surface area contributed by atoms with Crippen molar-refractivity contribution in [2.75, 3.05) is 7.11 Å². The van der Waals surface area contributed by atoms with E-state index in [1.807, 2.05) is 24.3 Å². The molecule has 0 saturated carbocycles. The zero-order chi connectivity index (χ0) is 20.8. The van der Waals surface area contributed by atoms with Crippen LogP contribution < -0.4 is 4.74 Å². The lowest BCUT2D eigenvalue weighted by Crippen LogP contribution is -2.41. The highest BCUT2D eigenvalue weighted by Gasteiger charge is 2.39. The van der Waals surface area contributed by atoms with Gasteiger partial charge in [0.25, 0.3) is 0 Å². The van der Waals surface area contributed by atoms with Crippen LogP contribution in [0.5, 0.6) is 5.75 Å². The fraction of sp³-hybridized carbons (Fsp3) is 0.455. The van der Waals surface area contributed by atoms with Crippen molar-refractivity contribution in [2.45, 2.75) is 56.7 Å². The van der Waals surface area contributed by atoms with E-state index in [1.165, 1.54) is 12.2 Å². The summed E-state index contributed by atoms with van der Waals surface area (Å²) < 4.78 is 21.6. The Kier molecular flexibility index (Phi) is 7.06. The van der Waals surface area contributed by atoms with Crippen molar-refractivity contribution >= 4 is 18.0 Å². The summed E-state index contributed by atoms with van der Waals surface area (Å²) in [5.41, 5.74) is 0.854. The monoisotopic (exact) mass is 402 g/mol. The third-order valence-corrected chi connectivity index (χ3v) is 5.09. The van der Waals surface area contributed by atoms with E-state index in [0.717, 1.165) is 11.3 Å². The average Bonchev–Trinajstić information content (AvgIpc) is 3.22. The van der Waals surface area contributed by atoms with Crippen molar-refractivity contribution in [3.8, 4) is 5.75 Å². The molecule has 1 N–H and O–H groups in total. The molecule has 0 amide bonds. The first-order valence-corrected chi connectivity index (χ1v) is 9.69. The number of benzene rings is 1. The van der Waals surface area contributed by atoms with Gasteiger partial charge in [0.05, 0.1) is 19.3 Å². The molecule has 2 heterocycles. The lowest BCUT2D eigenvalue weighted by molar-refractivity contribution is -0.164. The van der Waals surface area contributed by atoms with Crippen LogP contribution in [0.2, 0.25) is 0 Å². The first-order valence-electron chi connectivity index (χ1n) is 9.69. The van der Waals surface area contributed by atoms with Gasteiger partial charge in [-0.2, -0.15) is 0 Å². The zero-order valence-corrected chi connectivity index (χ0v) is 16.5. The number of methoxy groups -OCH3 is 1. The van der Waals surface area contributed by atoms with Crippen LogP contribution in [0.15, 0.2) is 42.5 Å². The second kappa shape index (κ2) is 9.71. The standard InChI is InChI=1S/C22H26O7/c1-14(27-21(24)13-8-15-6-9-16(26-2)10-7-15)17-11-12-19(28-17)22(25)18-4-3-5-20(23)29-18/h3,5-10,13-14,17-19,22,25H,4,11-12H2,1-2H3/b13-8+/t14?,17-,18?,19+,22?/m0/s1. The topological polar surface area (TPSA) is 91.3 Å². The van der Waals surface area contributed by atoms with E-state index >= 15 is 0 Å².